The SMILES string of the molecule is Cc1ccc(-c2cnc3n2CCS3)c(C)c1. The average molecular weight is 230 g/mol. The lowest BCUT2D eigenvalue weighted by Crippen LogP contribution is -1.97. The van der Waals surface area contributed by atoms with Gasteiger partial charge in [0, 0.05) is 17.9 Å². The van der Waals surface area contributed by atoms with Gasteiger partial charge < -0.3 is 4.57 Å². The van der Waals surface area contributed by atoms with E-state index in [0.717, 1.165) is 17.5 Å². The van der Waals surface area contributed by atoms with E-state index in [1.54, 1.807) is 0 Å². The van der Waals surface area contributed by atoms with Gasteiger partial charge in [-0.2, -0.15) is 0 Å². The van der Waals surface area contributed by atoms with Gasteiger partial charge >= 0.3 is 0 Å². The van der Waals surface area contributed by atoms with E-state index in [-0.39, 0.29) is 0 Å². The van der Waals surface area contributed by atoms with Crippen molar-refractivity contribution in [3.8, 4) is 11.3 Å². The third kappa shape index (κ3) is 1.47. The minimum absolute atomic E-state index is 1.09. The van der Waals surface area contributed by atoms with Crippen molar-refractivity contribution in [1.29, 1.82) is 0 Å². The zero-order chi connectivity index (χ0) is 11.1. The molecule has 0 radical (unpaired) electrons. The standard InChI is InChI=1S/C13H14N2S/c1-9-3-4-11(10(2)7-9)12-8-14-13-15(12)5-6-16-13/h3-4,7-8H,5-6H2,1-2H3. The first-order valence-corrected chi connectivity index (χ1v) is 6.50. The molecule has 0 spiro atoms. The first-order chi connectivity index (χ1) is 7.75. The molecule has 2 heterocycles. The highest BCUT2D eigenvalue weighted by Crippen LogP contribution is 2.32. The van der Waals surface area contributed by atoms with E-state index in [2.05, 4.69) is 41.6 Å². The molecule has 1 aromatic heterocycles. The normalized spacial score (nSPS) is 14.1. The number of nitrogens with zero attached hydrogens (tertiary/aromatic N) is 2. The molecule has 0 bridgehead atoms. The summed E-state index contributed by atoms with van der Waals surface area (Å²) in [5.41, 5.74) is 5.22. The topological polar surface area (TPSA) is 17.8 Å². The molecule has 0 saturated heterocycles. The highest BCUT2D eigenvalue weighted by atomic mass is 32.2. The molecule has 2 aromatic rings. The van der Waals surface area contributed by atoms with Crippen molar-refractivity contribution in [2.75, 3.05) is 5.75 Å². The van der Waals surface area contributed by atoms with Gasteiger partial charge in [-0.25, -0.2) is 4.98 Å². The zero-order valence-corrected chi connectivity index (χ0v) is 10.3. The molecule has 1 aliphatic heterocycles. The summed E-state index contributed by atoms with van der Waals surface area (Å²) in [6.07, 6.45) is 2.00. The fourth-order valence-corrected chi connectivity index (χ4v) is 3.16. The summed E-state index contributed by atoms with van der Waals surface area (Å²) >= 11 is 1.84. The summed E-state index contributed by atoms with van der Waals surface area (Å²) in [5, 5.41) is 1.16. The molecule has 0 aliphatic carbocycles. The van der Waals surface area contributed by atoms with Gasteiger partial charge in [-0.1, -0.05) is 35.5 Å². The highest BCUT2D eigenvalue weighted by molar-refractivity contribution is 7.99. The molecular weight excluding hydrogens is 216 g/mol. The van der Waals surface area contributed by atoms with Gasteiger partial charge in [-0.3, -0.25) is 0 Å². The molecule has 1 aliphatic rings. The number of fused-ring (bicyclic) bond motifs is 1. The number of rotatable bonds is 1. The van der Waals surface area contributed by atoms with Crippen LogP contribution in [0.25, 0.3) is 11.3 Å². The Hall–Kier alpha value is -1.22. The van der Waals surface area contributed by atoms with Gasteiger partial charge in [-0.15, -0.1) is 0 Å². The minimum Gasteiger partial charge on any atom is -0.318 e. The Labute approximate surface area is 99.7 Å². The Morgan fingerprint density at radius 3 is 3.00 bits per heavy atom. The van der Waals surface area contributed by atoms with Crippen molar-refractivity contribution >= 4 is 11.8 Å². The predicted octanol–water partition coefficient (Wildman–Crippen LogP) is 3.27. The molecule has 1 aromatic carbocycles. The third-order valence-electron chi connectivity index (χ3n) is 3.02. The van der Waals surface area contributed by atoms with Gasteiger partial charge in [0.15, 0.2) is 5.16 Å². The number of aryl methyl sites for hydroxylation is 2. The number of imidazole rings is 1. The van der Waals surface area contributed by atoms with Crippen LogP contribution in [0.1, 0.15) is 11.1 Å². The molecule has 0 atom stereocenters. The summed E-state index contributed by atoms with van der Waals surface area (Å²) < 4.78 is 2.32. The van der Waals surface area contributed by atoms with E-state index < -0.39 is 0 Å². The Morgan fingerprint density at radius 2 is 2.19 bits per heavy atom. The van der Waals surface area contributed by atoms with Crippen LogP contribution in [0.3, 0.4) is 0 Å². The summed E-state index contributed by atoms with van der Waals surface area (Å²) in [6.45, 7) is 5.39. The molecule has 2 nitrogen and oxygen atoms in total. The number of aromatic nitrogens is 2. The van der Waals surface area contributed by atoms with Crippen LogP contribution >= 0.6 is 11.8 Å². The number of hydrogen-bond acceptors (Lipinski definition) is 2. The van der Waals surface area contributed by atoms with Crippen molar-refractivity contribution in [3.05, 3.63) is 35.5 Å². The van der Waals surface area contributed by atoms with E-state index >= 15 is 0 Å². The number of thioether (sulfide) groups is 1. The summed E-state index contributed by atoms with van der Waals surface area (Å²) in [7, 11) is 0. The molecule has 0 N–H and O–H groups in total. The lowest BCUT2D eigenvalue weighted by molar-refractivity contribution is 0.726. The number of benzene rings is 1. The summed E-state index contributed by atoms with van der Waals surface area (Å²) in [4.78, 5) is 4.46. The van der Waals surface area contributed by atoms with Crippen molar-refractivity contribution in [2.24, 2.45) is 0 Å². The van der Waals surface area contributed by atoms with E-state index in [0.29, 0.717) is 0 Å². The van der Waals surface area contributed by atoms with E-state index in [9.17, 15) is 0 Å². The van der Waals surface area contributed by atoms with Crippen molar-refractivity contribution in [3.63, 3.8) is 0 Å². The summed E-state index contributed by atoms with van der Waals surface area (Å²) in [5.74, 6) is 1.15. The monoisotopic (exact) mass is 230 g/mol. The van der Waals surface area contributed by atoms with Crippen LogP contribution in [0.5, 0.6) is 0 Å². The van der Waals surface area contributed by atoms with Crippen molar-refractivity contribution < 1.29 is 0 Å². The Balaban J connectivity index is 2.15. The lowest BCUT2D eigenvalue weighted by Gasteiger charge is -2.08. The average Bonchev–Trinajstić information content (AvgIpc) is 2.80. The molecule has 16 heavy (non-hydrogen) atoms. The van der Waals surface area contributed by atoms with Gasteiger partial charge in [0.2, 0.25) is 0 Å². The summed E-state index contributed by atoms with van der Waals surface area (Å²) in [6, 6.07) is 6.61. The maximum Gasteiger partial charge on any atom is 0.168 e. The van der Waals surface area contributed by atoms with E-state index in [1.165, 1.54) is 22.4 Å². The minimum atomic E-state index is 1.09. The second-order valence-electron chi connectivity index (χ2n) is 4.24. The fraction of sp³-hybridized carbons (Fsp3) is 0.308. The van der Waals surface area contributed by atoms with Gasteiger partial charge in [0.05, 0.1) is 11.9 Å². The Kier molecular flexibility index (Phi) is 2.28. The quantitative estimate of drug-likeness (QED) is 0.748. The Morgan fingerprint density at radius 1 is 1.31 bits per heavy atom. The molecule has 0 fully saturated rings. The molecule has 0 amide bonds. The van der Waals surface area contributed by atoms with Crippen LogP contribution in [-0.4, -0.2) is 15.3 Å². The second-order valence-corrected chi connectivity index (χ2v) is 5.31. The highest BCUT2D eigenvalue weighted by Gasteiger charge is 2.17. The fourth-order valence-electron chi connectivity index (χ4n) is 2.23. The first-order valence-electron chi connectivity index (χ1n) is 5.51. The molecule has 0 saturated carbocycles. The van der Waals surface area contributed by atoms with Gasteiger partial charge in [-0.05, 0) is 19.4 Å². The first kappa shape index (κ1) is 9.97. The maximum atomic E-state index is 4.46. The van der Waals surface area contributed by atoms with Crippen molar-refractivity contribution in [1.82, 2.24) is 9.55 Å². The van der Waals surface area contributed by atoms with Gasteiger partial charge in [0.25, 0.3) is 0 Å². The van der Waals surface area contributed by atoms with Crippen LogP contribution in [0.15, 0.2) is 29.6 Å². The molecule has 82 valence electrons. The molecular formula is C13H14N2S. The van der Waals surface area contributed by atoms with Crippen LogP contribution in [0.2, 0.25) is 0 Å². The maximum absolute atomic E-state index is 4.46. The lowest BCUT2D eigenvalue weighted by atomic mass is 10.0. The number of hydrogen-bond donors (Lipinski definition) is 0. The van der Waals surface area contributed by atoms with Gasteiger partial charge in [0.1, 0.15) is 0 Å². The van der Waals surface area contributed by atoms with Crippen LogP contribution in [0, 0.1) is 13.8 Å². The van der Waals surface area contributed by atoms with Crippen LogP contribution in [0.4, 0.5) is 0 Å². The molecule has 3 heteroatoms. The van der Waals surface area contributed by atoms with E-state index in [4.69, 9.17) is 0 Å². The zero-order valence-electron chi connectivity index (χ0n) is 9.53. The molecule has 0 unspecified atom stereocenters. The van der Waals surface area contributed by atoms with Crippen LogP contribution < -0.4 is 0 Å². The third-order valence-corrected chi connectivity index (χ3v) is 3.99. The largest absolute Gasteiger partial charge is 0.318 e. The van der Waals surface area contributed by atoms with Crippen molar-refractivity contribution in [2.45, 2.75) is 25.5 Å². The molecule has 3 rings (SSSR count). The van der Waals surface area contributed by atoms with E-state index in [1.807, 2.05) is 18.0 Å². The predicted molar refractivity (Wildman–Crippen MR) is 67.9 cm³/mol. The Bertz CT molecular complexity index is 543. The van der Waals surface area contributed by atoms with Crippen LogP contribution in [-0.2, 0) is 6.54 Å². The smallest absolute Gasteiger partial charge is 0.168 e. The second kappa shape index (κ2) is 3.67.